The van der Waals surface area contributed by atoms with E-state index in [2.05, 4.69) is 42.0 Å². The molecule has 1 rings (SSSR count). The molecule has 0 bridgehead atoms. The third-order valence-electron chi connectivity index (χ3n) is 2.94. The molecule has 0 spiro atoms. The van der Waals surface area contributed by atoms with Crippen molar-refractivity contribution in [3.05, 3.63) is 28.2 Å². The van der Waals surface area contributed by atoms with E-state index in [1.54, 1.807) is 18.2 Å². The Kier molecular flexibility index (Phi) is 4.57. The summed E-state index contributed by atoms with van der Waals surface area (Å²) in [6, 6.07) is 5.22. The second kappa shape index (κ2) is 5.54. The highest BCUT2D eigenvalue weighted by Gasteiger charge is 2.16. The molecule has 0 fully saturated rings. The van der Waals surface area contributed by atoms with Crippen molar-refractivity contribution in [1.82, 2.24) is 5.32 Å². The lowest BCUT2D eigenvalue weighted by Gasteiger charge is -2.22. The molecule has 0 heterocycles. The number of anilines is 1. The Balaban J connectivity index is 2.68. The Morgan fingerprint density at radius 2 is 2.12 bits per heavy atom. The number of carbonyl (C=O) groups excluding carboxylic acids is 1. The van der Waals surface area contributed by atoms with Crippen LogP contribution in [-0.2, 0) is 0 Å². The number of rotatable bonds is 4. The van der Waals surface area contributed by atoms with Crippen molar-refractivity contribution in [1.29, 1.82) is 0 Å². The van der Waals surface area contributed by atoms with Gasteiger partial charge in [0, 0.05) is 22.3 Å². The Morgan fingerprint density at radius 1 is 1.47 bits per heavy atom. The summed E-state index contributed by atoms with van der Waals surface area (Å²) < 4.78 is 0.808. The van der Waals surface area contributed by atoms with Crippen molar-refractivity contribution in [3.8, 4) is 0 Å². The third kappa shape index (κ3) is 4.04. The topological polar surface area (TPSA) is 55.1 Å². The molecule has 0 aliphatic rings. The SMILES string of the molecule is CCC(C)(C)CNC(=O)c1ccc(Br)c(N)c1. The summed E-state index contributed by atoms with van der Waals surface area (Å²) >= 11 is 3.30. The van der Waals surface area contributed by atoms with Crippen molar-refractivity contribution in [2.75, 3.05) is 12.3 Å². The molecule has 1 amide bonds. The second-order valence-electron chi connectivity index (χ2n) is 4.94. The molecule has 17 heavy (non-hydrogen) atoms. The smallest absolute Gasteiger partial charge is 0.251 e. The van der Waals surface area contributed by atoms with Crippen LogP contribution in [0.15, 0.2) is 22.7 Å². The normalized spacial score (nSPS) is 11.3. The summed E-state index contributed by atoms with van der Waals surface area (Å²) in [7, 11) is 0. The molecule has 0 aliphatic heterocycles. The minimum absolute atomic E-state index is 0.0780. The van der Waals surface area contributed by atoms with Gasteiger partial charge in [-0.3, -0.25) is 4.79 Å². The molecule has 0 aliphatic carbocycles. The molecule has 1 aromatic rings. The average Bonchev–Trinajstić information content (AvgIpc) is 2.30. The van der Waals surface area contributed by atoms with Crippen molar-refractivity contribution in [3.63, 3.8) is 0 Å². The van der Waals surface area contributed by atoms with E-state index in [1.165, 1.54) is 0 Å². The number of hydrogen-bond donors (Lipinski definition) is 2. The molecule has 0 unspecified atom stereocenters. The Hall–Kier alpha value is -1.03. The minimum atomic E-state index is -0.0780. The molecular formula is C13H19BrN2O. The van der Waals surface area contributed by atoms with E-state index in [9.17, 15) is 4.79 Å². The fraction of sp³-hybridized carbons (Fsp3) is 0.462. The first kappa shape index (κ1) is 14.0. The van der Waals surface area contributed by atoms with Gasteiger partial charge in [0.2, 0.25) is 0 Å². The van der Waals surface area contributed by atoms with Crippen molar-refractivity contribution in [2.45, 2.75) is 27.2 Å². The van der Waals surface area contributed by atoms with Gasteiger partial charge in [0.25, 0.3) is 5.91 Å². The standard InChI is InChI=1S/C13H19BrN2O/c1-4-13(2,3)8-16-12(17)9-5-6-10(14)11(15)7-9/h5-7H,4,8,15H2,1-3H3,(H,16,17). The Bertz CT molecular complexity index is 416. The van der Waals surface area contributed by atoms with Gasteiger partial charge in [-0.05, 0) is 46.0 Å². The highest BCUT2D eigenvalue weighted by molar-refractivity contribution is 9.10. The van der Waals surface area contributed by atoms with Gasteiger partial charge >= 0.3 is 0 Å². The number of nitrogen functional groups attached to an aromatic ring is 1. The van der Waals surface area contributed by atoms with Crippen LogP contribution in [0.3, 0.4) is 0 Å². The van der Waals surface area contributed by atoms with Crippen LogP contribution < -0.4 is 11.1 Å². The monoisotopic (exact) mass is 298 g/mol. The minimum Gasteiger partial charge on any atom is -0.398 e. The zero-order valence-corrected chi connectivity index (χ0v) is 12.1. The van der Waals surface area contributed by atoms with Gasteiger partial charge in [0.05, 0.1) is 0 Å². The van der Waals surface area contributed by atoms with Gasteiger partial charge in [0.15, 0.2) is 0 Å². The molecule has 0 atom stereocenters. The van der Waals surface area contributed by atoms with E-state index in [4.69, 9.17) is 5.73 Å². The molecular weight excluding hydrogens is 280 g/mol. The molecule has 4 heteroatoms. The molecule has 3 N–H and O–H groups in total. The van der Waals surface area contributed by atoms with Gasteiger partial charge in [-0.2, -0.15) is 0 Å². The maximum Gasteiger partial charge on any atom is 0.251 e. The van der Waals surface area contributed by atoms with Crippen LogP contribution in [-0.4, -0.2) is 12.5 Å². The van der Waals surface area contributed by atoms with Crippen LogP contribution in [0.1, 0.15) is 37.6 Å². The maximum atomic E-state index is 11.9. The molecule has 0 saturated carbocycles. The van der Waals surface area contributed by atoms with Gasteiger partial charge in [-0.1, -0.05) is 20.8 Å². The summed E-state index contributed by atoms with van der Waals surface area (Å²) in [5.74, 6) is -0.0780. The number of halogens is 1. The van der Waals surface area contributed by atoms with E-state index in [-0.39, 0.29) is 11.3 Å². The third-order valence-corrected chi connectivity index (χ3v) is 3.66. The number of hydrogen-bond acceptors (Lipinski definition) is 2. The lowest BCUT2D eigenvalue weighted by atomic mass is 9.90. The first-order chi connectivity index (χ1) is 7.85. The van der Waals surface area contributed by atoms with Crippen LogP contribution in [0.5, 0.6) is 0 Å². The number of nitrogens with one attached hydrogen (secondary N) is 1. The average molecular weight is 299 g/mol. The highest BCUT2D eigenvalue weighted by Crippen LogP contribution is 2.21. The second-order valence-corrected chi connectivity index (χ2v) is 5.79. The summed E-state index contributed by atoms with van der Waals surface area (Å²) in [5, 5.41) is 2.93. The predicted octanol–water partition coefficient (Wildman–Crippen LogP) is 3.20. The predicted molar refractivity (Wildman–Crippen MR) is 75.0 cm³/mol. The van der Waals surface area contributed by atoms with Crippen molar-refractivity contribution >= 4 is 27.5 Å². The molecule has 0 saturated heterocycles. The fourth-order valence-electron chi connectivity index (χ4n) is 1.23. The van der Waals surface area contributed by atoms with Gasteiger partial charge in [-0.25, -0.2) is 0 Å². The largest absolute Gasteiger partial charge is 0.398 e. The number of nitrogens with two attached hydrogens (primary N) is 1. The van der Waals surface area contributed by atoms with Gasteiger partial charge in [-0.15, -0.1) is 0 Å². The van der Waals surface area contributed by atoms with Crippen LogP contribution in [0.4, 0.5) is 5.69 Å². The molecule has 3 nitrogen and oxygen atoms in total. The highest BCUT2D eigenvalue weighted by atomic mass is 79.9. The molecule has 0 aromatic heterocycles. The quantitative estimate of drug-likeness (QED) is 0.839. The van der Waals surface area contributed by atoms with Crippen LogP contribution in [0.2, 0.25) is 0 Å². The molecule has 0 radical (unpaired) electrons. The van der Waals surface area contributed by atoms with Gasteiger partial charge < -0.3 is 11.1 Å². The zero-order chi connectivity index (χ0) is 13.1. The fourth-order valence-corrected chi connectivity index (χ4v) is 1.48. The van der Waals surface area contributed by atoms with Crippen molar-refractivity contribution in [2.24, 2.45) is 5.41 Å². The van der Waals surface area contributed by atoms with E-state index in [1.807, 2.05) is 0 Å². The summed E-state index contributed by atoms with van der Waals surface area (Å²) in [4.78, 5) is 11.9. The lowest BCUT2D eigenvalue weighted by molar-refractivity contribution is 0.0936. The first-order valence-electron chi connectivity index (χ1n) is 5.69. The van der Waals surface area contributed by atoms with E-state index >= 15 is 0 Å². The number of carbonyl (C=O) groups is 1. The molecule has 1 aromatic carbocycles. The van der Waals surface area contributed by atoms with Crippen LogP contribution >= 0.6 is 15.9 Å². The van der Waals surface area contributed by atoms with Crippen LogP contribution in [0.25, 0.3) is 0 Å². The Labute approximate surface area is 111 Å². The first-order valence-corrected chi connectivity index (χ1v) is 6.48. The molecule has 94 valence electrons. The summed E-state index contributed by atoms with van der Waals surface area (Å²) in [6.07, 6.45) is 1.02. The van der Waals surface area contributed by atoms with E-state index in [0.717, 1.165) is 10.9 Å². The van der Waals surface area contributed by atoms with Crippen LogP contribution in [0, 0.1) is 5.41 Å². The van der Waals surface area contributed by atoms with E-state index < -0.39 is 0 Å². The van der Waals surface area contributed by atoms with E-state index in [0.29, 0.717) is 17.8 Å². The number of amides is 1. The Morgan fingerprint density at radius 3 is 2.65 bits per heavy atom. The maximum absolute atomic E-state index is 11.9. The summed E-state index contributed by atoms with van der Waals surface area (Å²) in [6.45, 7) is 7.04. The van der Waals surface area contributed by atoms with Crippen molar-refractivity contribution < 1.29 is 4.79 Å². The number of benzene rings is 1. The van der Waals surface area contributed by atoms with Gasteiger partial charge in [0.1, 0.15) is 0 Å². The zero-order valence-electron chi connectivity index (χ0n) is 10.5. The summed E-state index contributed by atoms with van der Waals surface area (Å²) in [5.41, 5.74) is 7.03. The lowest BCUT2D eigenvalue weighted by Crippen LogP contribution is -2.33.